The zero-order valence-corrected chi connectivity index (χ0v) is 10.9. The van der Waals surface area contributed by atoms with Gasteiger partial charge in [0.25, 0.3) is 0 Å². The third kappa shape index (κ3) is 5.32. The number of hydrogen-bond acceptors (Lipinski definition) is 3. The van der Waals surface area contributed by atoms with Gasteiger partial charge in [0, 0.05) is 0 Å². The summed E-state index contributed by atoms with van der Waals surface area (Å²) in [5.41, 5.74) is 1.73. The third-order valence-corrected chi connectivity index (χ3v) is 2.52. The molecule has 0 N–H and O–H groups in total. The highest BCUT2D eigenvalue weighted by atomic mass is 17.2. The Bertz CT molecular complexity index is 343. The maximum atomic E-state index is 11.6. The first-order valence-electron chi connectivity index (χ1n) is 6.35. The van der Waals surface area contributed by atoms with E-state index in [-0.39, 0.29) is 0 Å². The van der Waals surface area contributed by atoms with Crippen molar-refractivity contribution in [2.45, 2.75) is 39.0 Å². The molecular weight excluding hydrogens is 228 g/mol. The number of unbranched alkanes of at least 4 members (excludes halogenated alkanes) is 2. The van der Waals surface area contributed by atoms with Crippen molar-refractivity contribution < 1.29 is 14.6 Å². The molecule has 0 atom stereocenters. The first kappa shape index (κ1) is 14.7. The molecule has 1 aromatic carbocycles. The minimum atomic E-state index is -0.475. The Hall–Kier alpha value is -1.35. The number of benzene rings is 1. The minimum absolute atomic E-state index is 0.475. The molecule has 18 heavy (non-hydrogen) atoms. The molecule has 1 aromatic rings. The van der Waals surface area contributed by atoms with Gasteiger partial charge in [-0.1, -0.05) is 38.8 Å². The Morgan fingerprint density at radius 1 is 1.33 bits per heavy atom. The second-order valence-corrected chi connectivity index (χ2v) is 4.08. The smallest absolute Gasteiger partial charge is 0.292 e. The first-order valence-corrected chi connectivity index (χ1v) is 6.35. The number of carbonyl (C=O) groups excluding carboxylic acids is 1. The van der Waals surface area contributed by atoms with E-state index in [0.29, 0.717) is 18.4 Å². The monoisotopic (exact) mass is 248 g/mol. The molecule has 0 saturated carbocycles. The van der Waals surface area contributed by atoms with Crippen molar-refractivity contribution in [1.82, 2.24) is 0 Å². The van der Waals surface area contributed by atoms with Crippen LogP contribution in [-0.2, 0) is 16.2 Å². The van der Waals surface area contributed by atoms with Crippen LogP contribution in [0.5, 0.6) is 0 Å². The average molecular weight is 248 g/mol. The van der Waals surface area contributed by atoms with Crippen LogP contribution >= 0.6 is 0 Å². The van der Waals surface area contributed by atoms with E-state index in [0.717, 1.165) is 12.8 Å². The van der Waals surface area contributed by atoms with Crippen molar-refractivity contribution in [3.8, 4) is 0 Å². The number of aryl methyl sites for hydroxylation is 1. The van der Waals surface area contributed by atoms with Crippen molar-refractivity contribution in [2.75, 3.05) is 0 Å². The highest BCUT2D eigenvalue weighted by molar-refractivity contribution is 5.88. The first-order chi connectivity index (χ1) is 8.77. The van der Waals surface area contributed by atoms with Gasteiger partial charge >= 0.3 is 5.97 Å². The second kappa shape index (κ2) is 8.70. The van der Waals surface area contributed by atoms with E-state index in [1.54, 1.807) is 12.1 Å². The maximum absolute atomic E-state index is 11.6. The van der Waals surface area contributed by atoms with Crippen LogP contribution in [0.15, 0.2) is 24.3 Å². The van der Waals surface area contributed by atoms with Crippen LogP contribution in [0.3, 0.4) is 0 Å². The summed E-state index contributed by atoms with van der Waals surface area (Å²) in [5.74, 6) is -0.475. The molecule has 98 valence electrons. The fraction of sp³-hybridized carbons (Fsp3) is 0.400. The van der Waals surface area contributed by atoms with Crippen LogP contribution in [0.4, 0.5) is 0 Å². The Balaban J connectivity index is 2.38. The molecule has 0 aliphatic heterocycles. The molecule has 0 spiro atoms. The lowest BCUT2D eigenvalue weighted by Crippen LogP contribution is -2.05. The van der Waals surface area contributed by atoms with Crippen LogP contribution < -0.4 is 0 Å². The molecule has 3 nitrogen and oxygen atoms in total. The van der Waals surface area contributed by atoms with Gasteiger partial charge in [0.2, 0.25) is 0 Å². The Morgan fingerprint density at radius 2 is 2.06 bits per heavy atom. The summed E-state index contributed by atoms with van der Waals surface area (Å²) in [6.45, 7) is 7.23. The highest BCUT2D eigenvalue weighted by Crippen LogP contribution is 2.09. The van der Waals surface area contributed by atoms with Gasteiger partial charge in [-0.25, -0.2) is 4.79 Å². The van der Waals surface area contributed by atoms with Gasteiger partial charge in [-0.15, -0.1) is 0 Å². The SMILES string of the molecule is [CH2]CC[CH]OOC(=O)c1ccc(CCCC)cc1. The van der Waals surface area contributed by atoms with Crippen molar-refractivity contribution >= 4 is 5.97 Å². The van der Waals surface area contributed by atoms with E-state index in [9.17, 15) is 4.79 Å². The summed E-state index contributed by atoms with van der Waals surface area (Å²) < 4.78 is 0. The Morgan fingerprint density at radius 3 is 2.67 bits per heavy atom. The van der Waals surface area contributed by atoms with E-state index in [1.807, 2.05) is 12.1 Å². The third-order valence-electron chi connectivity index (χ3n) is 2.52. The Kier molecular flexibility index (Phi) is 7.11. The molecule has 0 aliphatic rings. The molecule has 2 radical (unpaired) electrons. The minimum Gasteiger partial charge on any atom is -0.292 e. The lowest BCUT2D eigenvalue weighted by Gasteiger charge is -2.04. The molecule has 0 saturated heterocycles. The van der Waals surface area contributed by atoms with E-state index in [4.69, 9.17) is 0 Å². The quantitative estimate of drug-likeness (QED) is 0.397. The predicted molar refractivity (Wildman–Crippen MR) is 70.4 cm³/mol. The zero-order valence-electron chi connectivity index (χ0n) is 10.9. The van der Waals surface area contributed by atoms with Gasteiger partial charge in [0.15, 0.2) is 0 Å². The average Bonchev–Trinajstić information content (AvgIpc) is 2.41. The van der Waals surface area contributed by atoms with Crippen LogP contribution in [0.1, 0.15) is 48.5 Å². The summed E-state index contributed by atoms with van der Waals surface area (Å²) in [6.07, 6.45) is 4.74. The molecule has 0 unspecified atom stereocenters. The topological polar surface area (TPSA) is 35.5 Å². The van der Waals surface area contributed by atoms with E-state index in [2.05, 4.69) is 23.6 Å². The van der Waals surface area contributed by atoms with Crippen molar-refractivity contribution in [2.24, 2.45) is 0 Å². The van der Waals surface area contributed by atoms with E-state index < -0.39 is 5.97 Å². The molecule has 0 heterocycles. The van der Waals surface area contributed by atoms with E-state index >= 15 is 0 Å². The number of rotatable bonds is 8. The van der Waals surface area contributed by atoms with Gasteiger partial charge in [-0.05, 0) is 37.0 Å². The fourth-order valence-electron chi connectivity index (χ4n) is 1.45. The molecule has 1 rings (SSSR count). The van der Waals surface area contributed by atoms with Crippen LogP contribution in [0.25, 0.3) is 0 Å². The lowest BCUT2D eigenvalue weighted by molar-refractivity contribution is -0.213. The summed E-state index contributed by atoms with van der Waals surface area (Å²) in [4.78, 5) is 20.9. The molecule has 0 aliphatic carbocycles. The summed E-state index contributed by atoms with van der Waals surface area (Å²) in [6, 6.07) is 7.42. The van der Waals surface area contributed by atoms with Crippen LogP contribution in [-0.4, -0.2) is 5.97 Å². The molecule has 3 heteroatoms. The summed E-state index contributed by atoms with van der Waals surface area (Å²) in [5, 5.41) is 0. The van der Waals surface area contributed by atoms with Gasteiger partial charge < -0.3 is 0 Å². The van der Waals surface area contributed by atoms with Crippen LogP contribution in [0.2, 0.25) is 0 Å². The van der Waals surface area contributed by atoms with E-state index in [1.165, 1.54) is 18.6 Å². The van der Waals surface area contributed by atoms with Gasteiger partial charge in [0.1, 0.15) is 6.61 Å². The van der Waals surface area contributed by atoms with Crippen molar-refractivity contribution in [3.63, 3.8) is 0 Å². The second-order valence-electron chi connectivity index (χ2n) is 4.08. The van der Waals surface area contributed by atoms with Gasteiger partial charge in [-0.2, -0.15) is 4.89 Å². The zero-order chi connectivity index (χ0) is 13.2. The van der Waals surface area contributed by atoms with Gasteiger partial charge in [-0.3, -0.25) is 4.89 Å². The molecule has 0 bridgehead atoms. The molecule has 0 aromatic heterocycles. The predicted octanol–water partition coefficient (Wildman–Crippen LogP) is 3.89. The molecule has 0 amide bonds. The standard InChI is InChI=1S/C15H20O3/c1-3-5-7-13-8-10-14(11-9-13)15(16)18-17-12-6-4-2/h8-12H,2-7H2,1H3. The normalized spacial score (nSPS) is 10.3. The lowest BCUT2D eigenvalue weighted by atomic mass is 10.1. The summed E-state index contributed by atoms with van der Waals surface area (Å²) >= 11 is 0. The van der Waals surface area contributed by atoms with Crippen molar-refractivity contribution in [1.29, 1.82) is 0 Å². The van der Waals surface area contributed by atoms with Crippen molar-refractivity contribution in [3.05, 3.63) is 48.9 Å². The fourth-order valence-corrected chi connectivity index (χ4v) is 1.45. The number of carbonyl (C=O) groups is 1. The highest BCUT2D eigenvalue weighted by Gasteiger charge is 2.07. The van der Waals surface area contributed by atoms with Gasteiger partial charge in [0.05, 0.1) is 5.56 Å². The molecular formula is C15H20O3. The Labute approximate surface area is 109 Å². The van der Waals surface area contributed by atoms with Crippen LogP contribution in [0, 0.1) is 13.5 Å². The number of hydrogen-bond donors (Lipinski definition) is 0. The largest absolute Gasteiger partial charge is 0.373 e. The maximum Gasteiger partial charge on any atom is 0.373 e. The summed E-state index contributed by atoms with van der Waals surface area (Å²) in [7, 11) is 0. The molecule has 0 fully saturated rings.